The number of hydrogen-bond acceptors (Lipinski definition) is 7. The molecule has 0 radical (unpaired) electrons. The van der Waals surface area contributed by atoms with Crippen LogP contribution in [0.4, 0.5) is 5.69 Å². The summed E-state index contributed by atoms with van der Waals surface area (Å²) in [6, 6.07) is 7.98. The van der Waals surface area contributed by atoms with Crippen molar-refractivity contribution < 1.29 is 21.6 Å². The van der Waals surface area contributed by atoms with E-state index in [0.29, 0.717) is 16.8 Å². The molecule has 0 amide bonds. The van der Waals surface area contributed by atoms with Crippen molar-refractivity contribution in [1.82, 2.24) is 9.29 Å². The topological polar surface area (TPSA) is 124 Å². The second-order valence-electron chi connectivity index (χ2n) is 6.99. The van der Waals surface area contributed by atoms with Crippen molar-refractivity contribution in [2.75, 3.05) is 11.8 Å². The molecule has 0 bridgehead atoms. The summed E-state index contributed by atoms with van der Waals surface area (Å²) >= 11 is 0.962. The Hall–Kier alpha value is -2.41. The highest BCUT2D eigenvalue weighted by molar-refractivity contribution is 7.92. The van der Waals surface area contributed by atoms with Gasteiger partial charge in [-0.05, 0) is 57.2 Å². The van der Waals surface area contributed by atoms with E-state index in [1.54, 1.807) is 24.5 Å². The van der Waals surface area contributed by atoms with E-state index in [0.717, 1.165) is 11.3 Å². The number of thiazole rings is 1. The summed E-state index contributed by atoms with van der Waals surface area (Å²) in [4.78, 5) is 11.7. The van der Waals surface area contributed by atoms with Crippen molar-refractivity contribution in [2.45, 2.75) is 43.1 Å². The highest BCUT2D eigenvalue weighted by atomic mass is 32.2. The zero-order valence-corrected chi connectivity index (χ0v) is 19.8. The molecule has 9 nitrogen and oxygen atoms in total. The van der Waals surface area contributed by atoms with E-state index in [1.165, 1.54) is 37.4 Å². The maximum Gasteiger partial charge on any atom is 0.308 e. The van der Waals surface area contributed by atoms with E-state index >= 15 is 0 Å². The van der Waals surface area contributed by atoms with E-state index in [-0.39, 0.29) is 32.1 Å². The molecule has 3 aromatic rings. The number of nitrogens with one attached hydrogen (secondary N) is 2. The summed E-state index contributed by atoms with van der Waals surface area (Å²) < 4.78 is 63.1. The lowest BCUT2D eigenvalue weighted by molar-refractivity contribution is 0.416. The van der Waals surface area contributed by atoms with Gasteiger partial charge in [0.05, 0.1) is 32.8 Å². The second-order valence-corrected chi connectivity index (χ2v) is 11.4. The molecular formula is C19H23N3O6S3. The molecule has 0 saturated carbocycles. The molecule has 3 rings (SSSR count). The van der Waals surface area contributed by atoms with Crippen molar-refractivity contribution in [3.63, 3.8) is 0 Å². The minimum absolute atomic E-state index is 0.0199. The summed E-state index contributed by atoms with van der Waals surface area (Å²) in [5, 5.41) is 0. The normalized spacial score (nSPS) is 12.4. The number of aromatic nitrogens is 1. The van der Waals surface area contributed by atoms with E-state index in [1.807, 2.05) is 6.92 Å². The van der Waals surface area contributed by atoms with Gasteiger partial charge in [-0.15, -0.1) is 0 Å². The molecular weight excluding hydrogens is 462 g/mol. The van der Waals surface area contributed by atoms with Gasteiger partial charge in [-0.25, -0.2) is 21.6 Å². The third-order valence-corrected chi connectivity index (χ3v) is 8.34. The zero-order chi connectivity index (χ0) is 23.0. The maximum atomic E-state index is 13.0. The van der Waals surface area contributed by atoms with Crippen LogP contribution in [-0.4, -0.2) is 34.6 Å². The maximum absolute atomic E-state index is 13.0. The number of hydrogen-bond donors (Lipinski definition) is 2. The Morgan fingerprint density at radius 1 is 1.03 bits per heavy atom. The minimum Gasteiger partial charge on any atom is -0.495 e. The van der Waals surface area contributed by atoms with Gasteiger partial charge in [-0.1, -0.05) is 11.3 Å². The van der Waals surface area contributed by atoms with Gasteiger partial charge in [0.15, 0.2) is 0 Å². The molecule has 2 aromatic carbocycles. The van der Waals surface area contributed by atoms with Crippen molar-refractivity contribution in [3.05, 3.63) is 46.1 Å². The SMILES string of the molecule is CCn1c(=O)sc2cc(S(=O)(=O)Nc3cc(S(=O)(=O)NC(C)C)ccc3OC)ccc21. The number of fused-ring (bicyclic) bond motifs is 1. The van der Waals surface area contributed by atoms with Crippen molar-refractivity contribution in [2.24, 2.45) is 0 Å². The molecule has 2 N–H and O–H groups in total. The summed E-state index contributed by atoms with van der Waals surface area (Å²) in [7, 11) is -6.57. The zero-order valence-electron chi connectivity index (χ0n) is 17.4. The van der Waals surface area contributed by atoms with Gasteiger partial charge in [0, 0.05) is 12.6 Å². The highest BCUT2D eigenvalue weighted by Crippen LogP contribution is 2.30. The molecule has 12 heteroatoms. The van der Waals surface area contributed by atoms with E-state index < -0.39 is 20.0 Å². The molecule has 0 fully saturated rings. The first kappa shape index (κ1) is 23.3. The number of methoxy groups -OCH3 is 1. The lowest BCUT2D eigenvalue weighted by Gasteiger charge is -2.15. The van der Waals surface area contributed by atoms with Crippen molar-refractivity contribution >= 4 is 47.3 Å². The summed E-state index contributed by atoms with van der Waals surface area (Å²) in [5.74, 6) is 0.162. The van der Waals surface area contributed by atoms with Crippen LogP contribution >= 0.6 is 11.3 Å². The van der Waals surface area contributed by atoms with E-state index in [2.05, 4.69) is 9.44 Å². The average molecular weight is 486 g/mol. The molecule has 1 heterocycles. The fraction of sp³-hybridized carbons (Fsp3) is 0.316. The van der Waals surface area contributed by atoms with Crippen LogP contribution in [0.2, 0.25) is 0 Å². The van der Waals surface area contributed by atoms with Crippen LogP contribution in [0.15, 0.2) is 51.0 Å². The third-order valence-electron chi connectivity index (χ3n) is 4.38. The van der Waals surface area contributed by atoms with Gasteiger partial charge in [0.25, 0.3) is 10.0 Å². The molecule has 0 spiro atoms. The quantitative estimate of drug-likeness (QED) is 0.505. The van der Waals surface area contributed by atoms with E-state index in [4.69, 9.17) is 4.74 Å². The molecule has 0 aliphatic heterocycles. The lowest BCUT2D eigenvalue weighted by Crippen LogP contribution is -2.30. The monoisotopic (exact) mass is 485 g/mol. The number of rotatable bonds is 8. The molecule has 31 heavy (non-hydrogen) atoms. The number of sulfonamides is 2. The van der Waals surface area contributed by atoms with Gasteiger partial charge in [0.1, 0.15) is 5.75 Å². The Morgan fingerprint density at radius 3 is 2.29 bits per heavy atom. The smallest absolute Gasteiger partial charge is 0.308 e. The standard InChI is InChI=1S/C19H23N3O6S3/c1-5-22-16-8-6-14(11-18(16)29-19(22)23)31(26,27)21-15-10-13(7-9-17(15)28-4)30(24,25)20-12(2)3/h6-12,20-21H,5H2,1-4H3. The van der Waals surface area contributed by atoms with Crippen LogP contribution in [0.5, 0.6) is 5.75 Å². The van der Waals surface area contributed by atoms with Gasteiger partial charge < -0.3 is 4.74 Å². The molecule has 168 valence electrons. The molecule has 0 saturated heterocycles. The number of benzene rings is 2. The van der Waals surface area contributed by atoms with Gasteiger partial charge in [0.2, 0.25) is 10.0 Å². The van der Waals surface area contributed by atoms with Crippen molar-refractivity contribution in [3.8, 4) is 5.75 Å². The van der Waals surface area contributed by atoms with Crippen LogP contribution in [-0.2, 0) is 26.6 Å². The first-order valence-corrected chi connectivity index (χ1v) is 13.1. The van der Waals surface area contributed by atoms with Crippen molar-refractivity contribution in [1.29, 1.82) is 0 Å². The first-order valence-electron chi connectivity index (χ1n) is 9.35. The highest BCUT2D eigenvalue weighted by Gasteiger charge is 2.22. The predicted molar refractivity (Wildman–Crippen MR) is 121 cm³/mol. The average Bonchev–Trinajstić information content (AvgIpc) is 3.00. The molecule has 0 aliphatic carbocycles. The largest absolute Gasteiger partial charge is 0.495 e. The molecule has 0 aliphatic rings. The Kier molecular flexibility index (Phi) is 6.46. The Balaban J connectivity index is 2.03. The van der Waals surface area contributed by atoms with Crippen LogP contribution < -0.4 is 19.1 Å². The fourth-order valence-corrected chi connectivity index (χ4v) is 6.46. The van der Waals surface area contributed by atoms with Gasteiger partial charge in [-0.3, -0.25) is 14.1 Å². The number of ether oxygens (including phenoxy) is 1. The lowest BCUT2D eigenvalue weighted by atomic mass is 10.3. The number of aryl methyl sites for hydroxylation is 1. The van der Waals surface area contributed by atoms with Crippen LogP contribution in [0, 0.1) is 0 Å². The van der Waals surface area contributed by atoms with Crippen LogP contribution in [0.3, 0.4) is 0 Å². The summed E-state index contributed by atoms with van der Waals surface area (Å²) in [6.07, 6.45) is 0. The Labute approximate surface area is 184 Å². The minimum atomic E-state index is -4.08. The predicted octanol–water partition coefficient (Wildman–Crippen LogP) is 2.58. The fourth-order valence-electron chi connectivity index (χ4n) is 3.03. The van der Waals surface area contributed by atoms with E-state index in [9.17, 15) is 21.6 Å². The molecule has 0 unspecified atom stereocenters. The summed E-state index contributed by atoms with van der Waals surface area (Å²) in [6.45, 7) is 5.68. The second kappa shape index (κ2) is 8.61. The Morgan fingerprint density at radius 2 is 1.68 bits per heavy atom. The summed E-state index contributed by atoms with van der Waals surface area (Å²) in [5.41, 5.74) is 0.635. The van der Waals surface area contributed by atoms with Gasteiger partial charge in [-0.2, -0.15) is 0 Å². The molecule has 0 atom stereocenters. The first-order chi connectivity index (χ1) is 14.5. The number of nitrogens with zero attached hydrogens (tertiary/aromatic N) is 1. The number of anilines is 1. The van der Waals surface area contributed by atoms with Crippen LogP contribution in [0.25, 0.3) is 10.2 Å². The molecule has 1 aromatic heterocycles. The third kappa shape index (κ3) is 4.76. The Bertz CT molecular complexity index is 1390. The van der Waals surface area contributed by atoms with Crippen LogP contribution in [0.1, 0.15) is 20.8 Å². The van der Waals surface area contributed by atoms with Gasteiger partial charge >= 0.3 is 4.87 Å².